The van der Waals surface area contributed by atoms with Gasteiger partial charge in [-0.3, -0.25) is 0 Å². The van der Waals surface area contributed by atoms with Crippen molar-refractivity contribution >= 4 is 0 Å². The van der Waals surface area contributed by atoms with Crippen molar-refractivity contribution in [1.82, 2.24) is 5.32 Å². The zero-order valence-electron chi connectivity index (χ0n) is 7.76. The Morgan fingerprint density at radius 2 is 2.00 bits per heavy atom. The van der Waals surface area contributed by atoms with Gasteiger partial charge in [0, 0.05) is 12.1 Å². The molecule has 3 N–H and O–H groups in total. The van der Waals surface area contributed by atoms with E-state index in [0.29, 0.717) is 6.04 Å². The average Bonchev–Trinajstić information content (AvgIpc) is 2.32. The molecule has 0 aromatic rings. The number of nitrogens with two attached hydrogens (primary N) is 1. The molecule has 2 atom stereocenters. The van der Waals surface area contributed by atoms with Crippen molar-refractivity contribution in [2.24, 2.45) is 11.7 Å². The van der Waals surface area contributed by atoms with Crippen LogP contribution in [-0.4, -0.2) is 18.6 Å². The largest absolute Gasteiger partial charge is 0.328 e. The smallest absolute Gasteiger partial charge is 0.00824 e. The first-order chi connectivity index (χ1) is 5.84. The third-order valence-electron chi connectivity index (χ3n) is 3.39. The van der Waals surface area contributed by atoms with Crippen molar-refractivity contribution in [2.45, 2.75) is 50.6 Å². The molecule has 0 aromatic heterocycles. The lowest BCUT2D eigenvalue weighted by Gasteiger charge is -2.27. The standard InChI is InChI=1S/C10H20N2/c11-9-4-5-10(6-9)12-7-8-2-1-3-8/h8-10,12H,1-7,11H2. The van der Waals surface area contributed by atoms with Crippen molar-refractivity contribution in [3.8, 4) is 0 Å². The molecular formula is C10H20N2. The van der Waals surface area contributed by atoms with Crippen molar-refractivity contribution in [2.75, 3.05) is 6.54 Å². The normalized spacial score (nSPS) is 36.8. The predicted octanol–water partition coefficient (Wildman–Crippen LogP) is 1.26. The summed E-state index contributed by atoms with van der Waals surface area (Å²) < 4.78 is 0. The fraction of sp³-hybridized carbons (Fsp3) is 1.00. The lowest BCUT2D eigenvalue weighted by Crippen LogP contribution is -2.34. The predicted molar refractivity (Wildman–Crippen MR) is 51.0 cm³/mol. The molecule has 2 rings (SSSR count). The Balaban J connectivity index is 1.60. The first-order valence-corrected chi connectivity index (χ1v) is 5.33. The molecule has 0 aliphatic heterocycles. The molecule has 2 fully saturated rings. The summed E-state index contributed by atoms with van der Waals surface area (Å²) in [6.07, 6.45) is 8.08. The highest BCUT2D eigenvalue weighted by atomic mass is 14.9. The van der Waals surface area contributed by atoms with Crippen LogP contribution in [0.2, 0.25) is 0 Å². The van der Waals surface area contributed by atoms with Gasteiger partial charge in [0.2, 0.25) is 0 Å². The van der Waals surface area contributed by atoms with E-state index in [1.54, 1.807) is 0 Å². The maximum atomic E-state index is 5.84. The summed E-state index contributed by atoms with van der Waals surface area (Å²) in [6.45, 7) is 1.25. The minimum atomic E-state index is 0.476. The van der Waals surface area contributed by atoms with E-state index in [1.807, 2.05) is 0 Å². The topological polar surface area (TPSA) is 38.0 Å². The zero-order chi connectivity index (χ0) is 8.39. The third-order valence-corrected chi connectivity index (χ3v) is 3.39. The fourth-order valence-corrected chi connectivity index (χ4v) is 2.23. The van der Waals surface area contributed by atoms with Gasteiger partial charge < -0.3 is 11.1 Å². The Bertz CT molecular complexity index is 143. The number of hydrogen-bond donors (Lipinski definition) is 2. The first-order valence-electron chi connectivity index (χ1n) is 5.33. The highest BCUT2D eigenvalue weighted by Crippen LogP contribution is 2.26. The molecule has 0 radical (unpaired) electrons. The maximum Gasteiger partial charge on any atom is 0.00824 e. The molecule has 2 nitrogen and oxygen atoms in total. The van der Waals surface area contributed by atoms with Gasteiger partial charge in [0.25, 0.3) is 0 Å². The van der Waals surface area contributed by atoms with Crippen molar-refractivity contribution in [3.63, 3.8) is 0 Å². The summed E-state index contributed by atoms with van der Waals surface area (Å²) in [5, 5.41) is 3.63. The molecule has 0 saturated heterocycles. The lowest BCUT2D eigenvalue weighted by molar-refractivity contribution is 0.288. The van der Waals surface area contributed by atoms with Gasteiger partial charge in [0.15, 0.2) is 0 Å². The van der Waals surface area contributed by atoms with Crippen LogP contribution in [0.3, 0.4) is 0 Å². The van der Waals surface area contributed by atoms with E-state index in [4.69, 9.17) is 5.73 Å². The lowest BCUT2D eigenvalue weighted by atomic mass is 9.85. The fourth-order valence-electron chi connectivity index (χ4n) is 2.23. The molecule has 2 saturated carbocycles. The van der Waals surface area contributed by atoms with Crippen LogP contribution in [0.25, 0.3) is 0 Å². The van der Waals surface area contributed by atoms with Crippen LogP contribution in [0.4, 0.5) is 0 Å². The highest BCUT2D eigenvalue weighted by molar-refractivity contribution is 4.84. The van der Waals surface area contributed by atoms with Crippen molar-refractivity contribution < 1.29 is 0 Å². The Hall–Kier alpha value is -0.0800. The van der Waals surface area contributed by atoms with Gasteiger partial charge >= 0.3 is 0 Å². The molecular weight excluding hydrogens is 148 g/mol. The molecule has 0 aromatic carbocycles. The minimum Gasteiger partial charge on any atom is -0.328 e. The molecule has 70 valence electrons. The van der Waals surface area contributed by atoms with E-state index >= 15 is 0 Å². The second-order valence-electron chi connectivity index (χ2n) is 4.48. The summed E-state index contributed by atoms with van der Waals surface area (Å²) in [5.41, 5.74) is 5.84. The van der Waals surface area contributed by atoms with Crippen LogP contribution in [0, 0.1) is 5.92 Å². The second kappa shape index (κ2) is 3.75. The Morgan fingerprint density at radius 3 is 2.50 bits per heavy atom. The second-order valence-corrected chi connectivity index (χ2v) is 4.48. The Kier molecular flexibility index (Phi) is 2.66. The van der Waals surface area contributed by atoms with Crippen LogP contribution in [0.5, 0.6) is 0 Å². The van der Waals surface area contributed by atoms with E-state index in [0.717, 1.165) is 12.0 Å². The third kappa shape index (κ3) is 1.99. The summed E-state index contributed by atoms with van der Waals surface area (Å²) in [5.74, 6) is 0.988. The monoisotopic (exact) mass is 168 g/mol. The van der Waals surface area contributed by atoms with Crippen LogP contribution >= 0.6 is 0 Å². The van der Waals surface area contributed by atoms with Crippen LogP contribution in [0.1, 0.15) is 38.5 Å². The molecule has 2 aliphatic rings. The SMILES string of the molecule is NC1CCC(NCC2CCC2)C1. The summed E-state index contributed by atoms with van der Waals surface area (Å²) >= 11 is 0. The summed E-state index contributed by atoms with van der Waals surface area (Å²) in [7, 11) is 0. The van der Waals surface area contributed by atoms with Gasteiger partial charge in [-0.2, -0.15) is 0 Å². The quantitative estimate of drug-likeness (QED) is 0.665. The van der Waals surface area contributed by atoms with Gasteiger partial charge in [-0.05, 0) is 44.6 Å². The van der Waals surface area contributed by atoms with Crippen LogP contribution in [-0.2, 0) is 0 Å². The molecule has 0 spiro atoms. The van der Waals surface area contributed by atoms with Crippen molar-refractivity contribution in [1.29, 1.82) is 0 Å². The number of rotatable bonds is 3. The first kappa shape index (κ1) is 8.52. The average molecular weight is 168 g/mol. The molecule has 2 unspecified atom stereocenters. The molecule has 2 aliphatic carbocycles. The molecule has 0 bridgehead atoms. The molecule has 12 heavy (non-hydrogen) atoms. The Labute approximate surface area is 74.9 Å². The van der Waals surface area contributed by atoms with Gasteiger partial charge in [0.05, 0.1) is 0 Å². The Morgan fingerprint density at radius 1 is 1.17 bits per heavy atom. The van der Waals surface area contributed by atoms with E-state index in [1.165, 1.54) is 45.1 Å². The van der Waals surface area contributed by atoms with Gasteiger partial charge in [-0.25, -0.2) is 0 Å². The van der Waals surface area contributed by atoms with E-state index < -0.39 is 0 Å². The van der Waals surface area contributed by atoms with E-state index in [2.05, 4.69) is 5.32 Å². The highest BCUT2D eigenvalue weighted by Gasteiger charge is 2.23. The zero-order valence-corrected chi connectivity index (χ0v) is 7.76. The summed E-state index contributed by atoms with van der Waals surface area (Å²) in [6, 6.07) is 1.21. The molecule has 0 amide bonds. The minimum absolute atomic E-state index is 0.476. The van der Waals surface area contributed by atoms with E-state index in [9.17, 15) is 0 Å². The van der Waals surface area contributed by atoms with Crippen LogP contribution < -0.4 is 11.1 Å². The van der Waals surface area contributed by atoms with Gasteiger partial charge in [-0.15, -0.1) is 0 Å². The molecule has 2 heteroatoms. The number of nitrogens with one attached hydrogen (secondary N) is 1. The van der Waals surface area contributed by atoms with E-state index in [-0.39, 0.29) is 0 Å². The van der Waals surface area contributed by atoms with Crippen molar-refractivity contribution in [3.05, 3.63) is 0 Å². The maximum absolute atomic E-state index is 5.84. The van der Waals surface area contributed by atoms with Crippen LogP contribution in [0.15, 0.2) is 0 Å². The molecule has 0 heterocycles. The summed E-state index contributed by atoms with van der Waals surface area (Å²) in [4.78, 5) is 0. The number of hydrogen-bond acceptors (Lipinski definition) is 2. The van der Waals surface area contributed by atoms with Gasteiger partial charge in [0.1, 0.15) is 0 Å². The van der Waals surface area contributed by atoms with Gasteiger partial charge in [-0.1, -0.05) is 6.42 Å².